The minimum absolute atomic E-state index is 0.116. The third-order valence-corrected chi connectivity index (χ3v) is 7.68. The molecule has 0 bridgehead atoms. The fourth-order valence-electron chi connectivity index (χ4n) is 4.37. The molecule has 0 saturated carbocycles. The van der Waals surface area contributed by atoms with Crippen LogP contribution >= 0.6 is 11.6 Å². The molecular formula is C30H36ClN3O5S. The highest BCUT2D eigenvalue weighted by atomic mass is 35.5. The summed E-state index contributed by atoms with van der Waals surface area (Å²) in [6.45, 7) is 5.24. The molecule has 1 unspecified atom stereocenters. The van der Waals surface area contributed by atoms with Gasteiger partial charge in [0, 0.05) is 19.0 Å². The number of aryl methyl sites for hydroxylation is 1. The lowest BCUT2D eigenvalue weighted by atomic mass is 10.0. The van der Waals surface area contributed by atoms with E-state index in [1.54, 1.807) is 6.07 Å². The van der Waals surface area contributed by atoms with Crippen LogP contribution in [-0.4, -0.2) is 57.1 Å². The van der Waals surface area contributed by atoms with Crippen LogP contribution in [0, 0.1) is 6.92 Å². The molecule has 40 heavy (non-hydrogen) atoms. The predicted octanol–water partition coefficient (Wildman–Crippen LogP) is 4.59. The lowest BCUT2D eigenvalue weighted by molar-refractivity contribution is -0.140. The van der Waals surface area contributed by atoms with Crippen molar-refractivity contribution in [3.63, 3.8) is 0 Å². The van der Waals surface area contributed by atoms with E-state index >= 15 is 0 Å². The Labute approximate surface area is 241 Å². The van der Waals surface area contributed by atoms with E-state index in [1.807, 2.05) is 75.4 Å². The number of hydrogen-bond acceptors (Lipinski definition) is 5. The molecule has 0 spiro atoms. The SMILES string of the molecule is COc1ccc(N(CC(=O)N(Cc2cccc(C)c2)C(Cc2ccccc2)C(=O)NC(C)C)S(C)(=O)=O)cc1Cl. The first kappa shape index (κ1) is 31.0. The maximum Gasteiger partial charge on any atom is 0.244 e. The van der Waals surface area contributed by atoms with Crippen LogP contribution in [0.5, 0.6) is 5.75 Å². The Kier molecular flexibility index (Phi) is 10.6. The maximum absolute atomic E-state index is 14.1. The first-order chi connectivity index (χ1) is 18.9. The zero-order valence-electron chi connectivity index (χ0n) is 23.4. The van der Waals surface area contributed by atoms with E-state index in [0.717, 1.165) is 27.3 Å². The number of anilines is 1. The molecule has 3 rings (SSSR count). The molecule has 1 N–H and O–H groups in total. The van der Waals surface area contributed by atoms with Crippen LogP contribution < -0.4 is 14.4 Å². The van der Waals surface area contributed by atoms with Crippen molar-refractivity contribution in [3.8, 4) is 5.75 Å². The Hall–Kier alpha value is -3.56. The Bertz CT molecular complexity index is 1430. The molecule has 0 saturated heterocycles. The molecule has 0 radical (unpaired) electrons. The van der Waals surface area contributed by atoms with E-state index < -0.39 is 28.5 Å². The molecule has 0 aliphatic heterocycles. The summed E-state index contributed by atoms with van der Waals surface area (Å²) in [6.07, 6.45) is 1.28. The number of ether oxygens (including phenoxy) is 1. The molecule has 0 aliphatic carbocycles. The topological polar surface area (TPSA) is 96.0 Å². The summed E-state index contributed by atoms with van der Waals surface area (Å²) >= 11 is 6.28. The van der Waals surface area contributed by atoms with E-state index in [2.05, 4.69) is 5.32 Å². The van der Waals surface area contributed by atoms with Crippen LogP contribution in [0.3, 0.4) is 0 Å². The summed E-state index contributed by atoms with van der Waals surface area (Å²) in [5, 5.41) is 3.14. The van der Waals surface area contributed by atoms with Gasteiger partial charge in [0.1, 0.15) is 18.3 Å². The molecule has 0 heterocycles. The molecule has 1 atom stereocenters. The molecule has 0 aromatic heterocycles. The third-order valence-electron chi connectivity index (χ3n) is 6.24. The number of halogens is 1. The smallest absolute Gasteiger partial charge is 0.244 e. The van der Waals surface area contributed by atoms with Crippen LogP contribution in [0.15, 0.2) is 72.8 Å². The van der Waals surface area contributed by atoms with Crippen molar-refractivity contribution in [2.24, 2.45) is 0 Å². The lowest BCUT2D eigenvalue weighted by Crippen LogP contribution is -2.54. The fraction of sp³-hybridized carbons (Fsp3) is 0.333. The zero-order chi connectivity index (χ0) is 29.4. The van der Waals surface area contributed by atoms with Crippen molar-refractivity contribution >= 4 is 39.1 Å². The number of nitrogens with one attached hydrogen (secondary N) is 1. The first-order valence-corrected chi connectivity index (χ1v) is 15.1. The van der Waals surface area contributed by atoms with Gasteiger partial charge in [-0.25, -0.2) is 8.42 Å². The van der Waals surface area contributed by atoms with E-state index in [9.17, 15) is 18.0 Å². The van der Waals surface area contributed by atoms with Gasteiger partial charge in [-0.1, -0.05) is 71.8 Å². The fourth-order valence-corrected chi connectivity index (χ4v) is 5.46. The van der Waals surface area contributed by atoms with E-state index in [4.69, 9.17) is 16.3 Å². The van der Waals surface area contributed by atoms with Gasteiger partial charge < -0.3 is 15.0 Å². The Morgan fingerprint density at radius 1 is 0.975 bits per heavy atom. The highest BCUT2D eigenvalue weighted by molar-refractivity contribution is 7.92. The number of nitrogens with zero attached hydrogens (tertiary/aromatic N) is 2. The van der Waals surface area contributed by atoms with Crippen molar-refractivity contribution in [1.29, 1.82) is 0 Å². The predicted molar refractivity (Wildman–Crippen MR) is 159 cm³/mol. The Morgan fingerprint density at radius 3 is 2.23 bits per heavy atom. The van der Waals surface area contributed by atoms with Crippen molar-refractivity contribution in [2.75, 3.05) is 24.2 Å². The number of benzene rings is 3. The number of carbonyl (C=O) groups excluding carboxylic acids is 2. The van der Waals surface area contributed by atoms with Gasteiger partial charge in [-0.2, -0.15) is 0 Å². The zero-order valence-corrected chi connectivity index (χ0v) is 25.0. The number of methoxy groups -OCH3 is 1. The van der Waals surface area contributed by atoms with Gasteiger partial charge in [-0.05, 0) is 50.1 Å². The van der Waals surface area contributed by atoms with Crippen LogP contribution in [0.1, 0.15) is 30.5 Å². The summed E-state index contributed by atoms with van der Waals surface area (Å²) in [4.78, 5) is 29.1. The standard InChI is InChI=1S/C30H36ClN3O5S/c1-21(2)32-30(36)27(17-23-11-7-6-8-12-23)33(19-24-13-9-10-22(3)16-24)29(35)20-34(40(5,37)38)25-14-15-28(39-4)26(31)18-25/h6-16,18,21,27H,17,19-20H2,1-5H3,(H,32,36). The summed E-state index contributed by atoms with van der Waals surface area (Å²) < 4.78 is 32.0. The lowest BCUT2D eigenvalue weighted by Gasteiger charge is -2.34. The van der Waals surface area contributed by atoms with Crippen molar-refractivity contribution in [1.82, 2.24) is 10.2 Å². The maximum atomic E-state index is 14.1. The second kappa shape index (κ2) is 13.7. The monoisotopic (exact) mass is 585 g/mol. The summed E-state index contributed by atoms with van der Waals surface area (Å²) in [5.41, 5.74) is 2.91. The number of hydrogen-bond donors (Lipinski definition) is 1. The summed E-state index contributed by atoms with van der Waals surface area (Å²) in [5.74, 6) is -0.475. The Balaban J connectivity index is 2.07. The van der Waals surface area contributed by atoms with Crippen LogP contribution in [-0.2, 0) is 32.6 Å². The summed E-state index contributed by atoms with van der Waals surface area (Å²) in [6, 6.07) is 20.5. The van der Waals surface area contributed by atoms with Crippen molar-refractivity contribution in [2.45, 2.75) is 45.8 Å². The van der Waals surface area contributed by atoms with Crippen molar-refractivity contribution < 1.29 is 22.7 Å². The van der Waals surface area contributed by atoms with Gasteiger partial charge in [0.15, 0.2) is 0 Å². The minimum atomic E-state index is -3.90. The largest absolute Gasteiger partial charge is 0.495 e. The molecular weight excluding hydrogens is 550 g/mol. The number of rotatable bonds is 12. The molecule has 0 aliphatic rings. The summed E-state index contributed by atoms with van der Waals surface area (Å²) in [7, 11) is -2.45. The van der Waals surface area contributed by atoms with Crippen LogP contribution in [0.25, 0.3) is 0 Å². The van der Waals surface area contributed by atoms with Crippen molar-refractivity contribution in [3.05, 3.63) is 94.5 Å². The second-order valence-corrected chi connectivity index (χ2v) is 12.3. The quantitative estimate of drug-likeness (QED) is 0.335. The highest BCUT2D eigenvalue weighted by Gasteiger charge is 2.33. The van der Waals surface area contributed by atoms with Gasteiger partial charge in [0.05, 0.1) is 24.1 Å². The van der Waals surface area contributed by atoms with E-state index in [-0.39, 0.29) is 35.6 Å². The van der Waals surface area contributed by atoms with E-state index in [0.29, 0.717) is 5.75 Å². The van der Waals surface area contributed by atoms with Crippen LogP contribution in [0.4, 0.5) is 5.69 Å². The van der Waals surface area contributed by atoms with Gasteiger partial charge in [0.25, 0.3) is 0 Å². The molecule has 3 aromatic carbocycles. The number of carbonyl (C=O) groups is 2. The molecule has 214 valence electrons. The van der Waals surface area contributed by atoms with Crippen LogP contribution in [0.2, 0.25) is 5.02 Å². The number of sulfonamides is 1. The average Bonchev–Trinajstić information content (AvgIpc) is 2.88. The van der Waals surface area contributed by atoms with Gasteiger partial charge in [-0.3, -0.25) is 13.9 Å². The normalized spacial score (nSPS) is 12.1. The number of amides is 2. The Morgan fingerprint density at radius 2 is 1.65 bits per heavy atom. The average molecular weight is 586 g/mol. The second-order valence-electron chi connectivity index (χ2n) is 9.97. The van der Waals surface area contributed by atoms with Gasteiger partial charge in [-0.15, -0.1) is 0 Å². The van der Waals surface area contributed by atoms with E-state index in [1.165, 1.54) is 24.1 Å². The molecule has 3 aromatic rings. The molecule has 0 fully saturated rings. The molecule has 2 amide bonds. The van der Waals surface area contributed by atoms with Gasteiger partial charge >= 0.3 is 0 Å². The molecule has 10 heteroatoms. The molecule has 8 nitrogen and oxygen atoms in total. The first-order valence-electron chi connectivity index (χ1n) is 12.9. The minimum Gasteiger partial charge on any atom is -0.495 e. The third kappa shape index (κ3) is 8.47. The highest BCUT2D eigenvalue weighted by Crippen LogP contribution is 2.30. The van der Waals surface area contributed by atoms with Gasteiger partial charge in [0.2, 0.25) is 21.8 Å².